The molecule has 1 unspecified atom stereocenters. The van der Waals surface area contributed by atoms with E-state index in [4.69, 9.17) is 0 Å². The smallest absolute Gasteiger partial charge is 0.233 e. The fourth-order valence-corrected chi connectivity index (χ4v) is 2.23. The van der Waals surface area contributed by atoms with Gasteiger partial charge in [0, 0.05) is 12.6 Å². The number of rotatable bonds is 2. The van der Waals surface area contributed by atoms with E-state index in [1.807, 2.05) is 0 Å². The minimum atomic E-state index is -0.515. The quantitative estimate of drug-likeness (QED) is 0.748. The van der Waals surface area contributed by atoms with Gasteiger partial charge in [-0.2, -0.15) is 4.39 Å². The lowest BCUT2D eigenvalue weighted by molar-refractivity contribution is 0.486. The first-order chi connectivity index (χ1) is 7.18. The van der Waals surface area contributed by atoms with Crippen molar-refractivity contribution >= 4 is 5.82 Å². The molecule has 0 amide bonds. The van der Waals surface area contributed by atoms with E-state index >= 15 is 0 Å². The molecule has 1 aliphatic heterocycles. The van der Waals surface area contributed by atoms with Crippen molar-refractivity contribution in [3.8, 4) is 0 Å². The lowest BCUT2D eigenvalue weighted by atomic mass is 10.0. The van der Waals surface area contributed by atoms with Crippen molar-refractivity contribution in [2.45, 2.75) is 32.7 Å². The van der Waals surface area contributed by atoms with Gasteiger partial charge in [-0.25, -0.2) is 0 Å². The summed E-state index contributed by atoms with van der Waals surface area (Å²) in [6.45, 7) is 5.42. The monoisotopic (exact) mass is 209 g/mol. The molecule has 1 saturated heterocycles. The Morgan fingerprint density at radius 1 is 1.40 bits per heavy atom. The van der Waals surface area contributed by atoms with Crippen LogP contribution in [0.2, 0.25) is 0 Å². The third-order valence-electron chi connectivity index (χ3n) is 2.98. The standard InChI is InChI=1S/C11H16FN3/c1-8(2)9-4-3-7-15(9)11-6-5-10(12)13-14-11/h5-6,8-9H,3-4,7H2,1-2H3. The minimum absolute atomic E-state index is 0.515. The lowest BCUT2D eigenvalue weighted by Gasteiger charge is -2.28. The van der Waals surface area contributed by atoms with Crippen molar-refractivity contribution in [2.75, 3.05) is 11.4 Å². The van der Waals surface area contributed by atoms with E-state index in [1.54, 1.807) is 6.07 Å². The summed E-state index contributed by atoms with van der Waals surface area (Å²) in [6, 6.07) is 3.60. The van der Waals surface area contributed by atoms with Gasteiger partial charge in [0.2, 0.25) is 5.95 Å². The maximum atomic E-state index is 12.6. The van der Waals surface area contributed by atoms with E-state index in [1.165, 1.54) is 18.9 Å². The van der Waals surface area contributed by atoms with E-state index in [2.05, 4.69) is 28.9 Å². The summed E-state index contributed by atoms with van der Waals surface area (Å²) in [5, 5.41) is 7.35. The van der Waals surface area contributed by atoms with Crippen LogP contribution in [0.15, 0.2) is 12.1 Å². The summed E-state index contributed by atoms with van der Waals surface area (Å²) in [6.07, 6.45) is 2.37. The summed E-state index contributed by atoms with van der Waals surface area (Å²) in [4.78, 5) is 2.23. The fraction of sp³-hybridized carbons (Fsp3) is 0.636. The van der Waals surface area contributed by atoms with Crippen LogP contribution >= 0.6 is 0 Å². The molecule has 82 valence electrons. The zero-order chi connectivity index (χ0) is 10.8. The van der Waals surface area contributed by atoms with Gasteiger partial charge >= 0.3 is 0 Å². The summed E-state index contributed by atoms with van der Waals surface area (Å²) < 4.78 is 12.6. The summed E-state index contributed by atoms with van der Waals surface area (Å²) in [7, 11) is 0. The van der Waals surface area contributed by atoms with Crippen LogP contribution in [0.25, 0.3) is 0 Å². The normalized spacial score (nSPS) is 21.3. The van der Waals surface area contributed by atoms with Crippen LogP contribution in [0, 0.1) is 11.9 Å². The van der Waals surface area contributed by atoms with E-state index in [-0.39, 0.29) is 0 Å². The highest BCUT2D eigenvalue weighted by atomic mass is 19.1. The lowest BCUT2D eigenvalue weighted by Crippen LogP contribution is -2.34. The molecule has 0 N–H and O–H groups in total. The molecule has 1 aromatic heterocycles. The van der Waals surface area contributed by atoms with Gasteiger partial charge in [0.05, 0.1) is 0 Å². The van der Waals surface area contributed by atoms with Gasteiger partial charge in [-0.3, -0.25) is 0 Å². The number of hydrogen-bond donors (Lipinski definition) is 0. The Bertz CT molecular complexity index is 323. The molecule has 4 heteroatoms. The average molecular weight is 209 g/mol. The third kappa shape index (κ3) is 2.08. The van der Waals surface area contributed by atoms with Crippen LogP contribution in [0.4, 0.5) is 10.2 Å². The Hall–Kier alpha value is -1.19. The molecular formula is C11H16FN3. The Morgan fingerprint density at radius 3 is 2.80 bits per heavy atom. The van der Waals surface area contributed by atoms with Crippen LogP contribution in [0.3, 0.4) is 0 Å². The molecule has 1 aromatic rings. The molecule has 3 nitrogen and oxygen atoms in total. The molecular weight excluding hydrogens is 193 g/mol. The zero-order valence-corrected chi connectivity index (χ0v) is 9.15. The Labute approximate surface area is 89.3 Å². The number of anilines is 1. The van der Waals surface area contributed by atoms with Crippen LogP contribution in [-0.2, 0) is 0 Å². The van der Waals surface area contributed by atoms with Crippen molar-refractivity contribution in [2.24, 2.45) is 5.92 Å². The predicted octanol–water partition coefficient (Wildman–Crippen LogP) is 2.24. The largest absolute Gasteiger partial charge is 0.352 e. The molecule has 0 radical (unpaired) electrons. The van der Waals surface area contributed by atoms with Crippen LogP contribution < -0.4 is 4.90 Å². The van der Waals surface area contributed by atoms with Gasteiger partial charge in [0.15, 0.2) is 5.82 Å². The maximum Gasteiger partial charge on any atom is 0.233 e. The molecule has 0 spiro atoms. The molecule has 1 fully saturated rings. The molecule has 0 saturated carbocycles. The first-order valence-electron chi connectivity index (χ1n) is 5.44. The molecule has 0 aliphatic carbocycles. The molecule has 1 aliphatic rings. The highest BCUT2D eigenvalue weighted by Crippen LogP contribution is 2.27. The van der Waals surface area contributed by atoms with Gasteiger partial charge in [-0.15, -0.1) is 10.2 Å². The van der Waals surface area contributed by atoms with E-state index in [0.717, 1.165) is 12.4 Å². The van der Waals surface area contributed by atoms with Gasteiger partial charge < -0.3 is 4.90 Å². The summed E-state index contributed by atoms with van der Waals surface area (Å²) >= 11 is 0. The van der Waals surface area contributed by atoms with Crippen LogP contribution in [0.5, 0.6) is 0 Å². The number of aromatic nitrogens is 2. The highest BCUT2D eigenvalue weighted by Gasteiger charge is 2.28. The topological polar surface area (TPSA) is 29.0 Å². The van der Waals surface area contributed by atoms with Gasteiger partial charge in [0.25, 0.3) is 0 Å². The van der Waals surface area contributed by atoms with Crippen LogP contribution in [0.1, 0.15) is 26.7 Å². The Morgan fingerprint density at radius 2 is 2.20 bits per heavy atom. The second kappa shape index (κ2) is 4.13. The zero-order valence-electron chi connectivity index (χ0n) is 9.15. The molecule has 2 heterocycles. The average Bonchev–Trinajstić information content (AvgIpc) is 2.67. The van der Waals surface area contributed by atoms with Crippen molar-refractivity contribution in [1.29, 1.82) is 0 Å². The van der Waals surface area contributed by atoms with Crippen molar-refractivity contribution in [3.05, 3.63) is 18.1 Å². The third-order valence-corrected chi connectivity index (χ3v) is 2.98. The fourth-order valence-electron chi connectivity index (χ4n) is 2.23. The second-order valence-corrected chi connectivity index (χ2v) is 4.36. The van der Waals surface area contributed by atoms with Gasteiger partial charge in [-0.05, 0) is 30.9 Å². The molecule has 0 bridgehead atoms. The first-order valence-corrected chi connectivity index (χ1v) is 5.44. The SMILES string of the molecule is CC(C)C1CCCN1c1ccc(F)nn1. The van der Waals surface area contributed by atoms with Crippen molar-refractivity contribution < 1.29 is 4.39 Å². The second-order valence-electron chi connectivity index (χ2n) is 4.36. The van der Waals surface area contributed by atoms with E-state index < -0.39 is 5.95 Å². The predicted molar refractivity (Wildman–Crippen MR) is 57.2 cm³/mol. The summed E-state index contributed by atoms with van der Waals surface area (Å²) in [5.41, 5.74) is 0. The molecule has 2 rings (SSSR count). The Kier molecular flexibility index (Phi) is 2.84. The molecule has 15 heavy (non-hydrogen) atoms. The number of hydrogen-bond acceptors (Lipinski definition) is 3. The van der Waals surface area contributed by atoms with Crippen LogP contribution in [-0.4, -0.2) is 22.8 Å². The first kappa shape index (κ1) is 10.3. The molecule has 0 aromatic carbocycles. The van der Waals surface area contributed by atoms with E-state index in [9.17, 15) is 4.39 Å². The minimum Gasteiger partial charge on any atom is -0.352 e. The Balaban J connectivity index is 2.19. The molecule has 1 atom stereocenters. The van der Waals surface area contributed by atoms with Gasteiger partial charge in [-0.1, -0.05) is 13.8 Å². The van der Waals surface area contributed by atoms with Crippen molar-refractivity contribution in [3.63, 3.8) is 0 Å². The maximum absolute atomic E-state index is 12.6. The van der Waals surface area contributed by atoms with Gasteiger partial charge in [0.1, 0.15) is 0 Å². The highest BCUT2D eigenvalue weighted by molar-refractivity contribution is 5.39. The van der Waals surface area contributed by atoms with Crippen molar-refractivity contribution in [1.82, 2.24) is 10.2 Å². The number of halogens is 1. The van der Waals surface area contributed by atoms with E-state index in [0.29, 0.717) is 12.0 Å². The number of nitrogens with zero attached hydrogens (tertiary/aromatic N) is 3. The summed E-state index contributed by atoms with van der Waals surface area (Å²) in [5.74, 6) is 0.881.